The van der Waals surface area contributed by atoms with E-state index >= 15 is 0 Å². The summed E-state index contributed by atoms with van der Waals surface area (Å²) < 4.78 is 0. The van der Waals surface area contributed by atoms with Gasteiger partial charge in [0.15, 0.2) is 5.78 Å². The Morgan fingerprint density at radius 1 is 0.944 bits per heavy atom. The molecular weight excluding hydrogens is 226 g/mol. The standard InChI is InChI=1S/C15H13NO2/c16-9-15(18)14-7-5-13(6-8-14)12-3-1-11(10-17)2-4-12/h1-8,10H,9,16H2. The Labute approximate surface area is 105 Å². The zero-order valence-corrected chi connectivity index (χ0v) is 9.80. The lowest BCUT2D eigenvalue weighted by atomic mass is 10.0. The molecule has 0 atom stereocenters. The van der Waals surface area contributed by atoms with Gasteiger partial charge in [0.05, 0.1) is 6.54 Å². The number of carbonyl (C=O) groups is 2. The average Bonchev–Trinajstić information content (AvgIpc) is 2.47. The van der Waals surface area contributed by atoms with Crippen molar-refractivity contribution >= 4 is 12.1 Å². The molecule has 2 N–H and O–H groups in total. The second-order valence-electron chi connectivity index (χ2n) is 3.94. The predicted octanol–water partition coefficient (Wildman–Crippen LogP) is 2.31. The number of ketones is 1. The molecule has 3 heteroatoms. The number of hydrogen-bond acceptors (Lipinski definition) is 3. The number of Topliss-reactive ketones (excluding diaryl/α,β-unsaturated/α-hetero) is 1. The smallest absolute Gasteiger partial charge is 0.176 e. The van der Waals surface area contributed by atoms with Gasteiger partial charge in [0.1, 0.15) is 6.29 Å². The molecule has 2 aromatic rings. The van der Waals surface area contributed by atoms with Gasteiger partial charge in [-0.1, -0.05) is 48.5 Å². The number of benzene rings is 2. The van der Waals surface area contributed by atoms with E-state index in [0.717, 1.165) is 17.4 Å². The molecule has 0 spiro atoms. The molecule has 0 unspecified atom stereocenters. The summed E-state index contributed by atoms with van der Waals surface area (Å²) in [5.41, 5.74) is 8.57. The van der Waals surface area contributed by atoms with Crippen molar-refractivity contribution in [3.8, 4) is 11.1 Å². The number of rotatable bonds is 4. The Bertz CT molecular complexity index is 556. The van der Waals surface area contributed by atoms with Crippen LogP contribution in [0.25, 0.3) is 11.1 Å². The molecule has 0 amide bonds. The molecule has 3 nitrogen and oxygen atoms in total. The van der Waals surface area contributed by atoms with Crippen LogP contribution in [-0.4, -0.2) is 18.6 Å². The SMILES string of the molecule is NCC(=O)c1ccc(-c2ccc(C=O)cc2)cc1. The first kappa shape index (κ1) is 12.2. The molecule has 0 fully saturated rings. The molecule has 0 aromatic heterocycles. The third kappa shape index (κ3) is 2.52. The fraction of sp³-hybridized carbons (Fsp3) is 0.0667. The maximum absolute atomic E-state index is 11.4. The lowest BCUT2D eigenvalue weighted by Crippen LogP contribution is -2.13. The molecule has 0 aliphatic carbocycles. The summed E-state index contributed by atoms with van der Waals surface area (Å²) in [4.78, 5) is 21.9. The van der Waals surface area contributed by atoms with Gasteiger partial charge in [-0.15, -0.1) is 0 Å². The Morgan fingerprint density at radius 2 is 1.44 bits per heavy atom. The topological polar surface area (TPSA) is 60.2 Å². The molecule has 90 valence electrons. The Balaban J connectivity index is 2.28. The first-order valence-electron chi connectivity index (χ1n) is 5.63. The minimum atomic E-state index is -0.0714. The molecule has 18 heavy (non-hydrogen) atoms. The summed E-state index contributed by atoms with van der Waals surface area (Å²) in [6.07, 6.45) is 0.812. The highest BCUT2D eigenvalue weighted by Gasteiger charge is 2.03. The highest BCUT2D eigenvalue weighted by Crippen LogP contribution is 2.20. The van der Waals surface area contributed by atoms with Gasteiger partial charge in [-0.3, -0.25) is 9.59 Å². The number of nitrogens with two attached hydrogens (primary N) is 1. The van der Waals surface area contributed by atoms with Crippen LogP contribution in [0, 0.1) is 0 Å². The Morgan fingerprint density at radius 3 is 1.89 bits per heavy atom. The van der Waals surface area contributed by atoms with E-state index in [4.69, 9.17) is 5.73 Å². The van der Waals surface area contributed by atoms with Gasteiger partial charge in [-0.05, 0) is 11.1 Å². The maximum Gasteiger partial charge on any atom is 0.176 e. The van der Waals surface area contributed by atoms with Crippen LogP contribution in [0.15, 0.2) is 48.5 Å². The molecule has 2 rings (SSSR count). The van der Waals surface area contributed by atoms with Crippen LogP contribution in [0.5, 0.6) is 0 Å². The second kappa shape index (κ2) is 5.38. The van der Waals surface area contributed by atoms with E-state index in [1.807, 2.05) is 24.3 Å². The average molecular weight is 239 g/mol. The van der Waals surface area contributed by atoms with Crippen LogP contribution >= 0.6 is 0 Å². The predicted molar refractivity (Wildman–Crippen MR) is 70.7 cm³/mol. The second-order valence-corrected chi connectivity index (χ2v) is 3.94. The van der Waals surface area contributed by atoms with Crippen molar-refractivity contribution in [3.63, 3.8) is 0 Å². The third-order valence-corrected chi connectivity index (χ3v) is 2.77. The minimum Gasteiger partial charge on any atom is -0.324 e. The van der Waals surface area contributed by atoms with Crippen molar-refractivity contribution in [2.45, 2.75) is 0 Å². The van der Waals surface area contributed by atoms with Crippen LogP contribution in [0.4, 0.5) is 0 Å². The van der Waals surface area contributed by atoms with Gasteiger partial charge in [-0.25, -0.2) is 0 Å². The van der Waals surface area contributed by atoms with Gasteiger partial charge in [0.25, 0.3) is 0 Å². The van der Waals surface area contributed by atoms with E-state index < -0.39 is 0 Å². The molecule has 0 saturated heterocycles. The normalized spacial score (nSPS) is 10.1. The molecule has 0 heterocycles. The first-order valence-corrected chi connectivity index (χ1v) is 5.63. The molecule has 0 aliphatic heterocycles. The van der Waals surface area contributed by atoms with E-state index in [-0.39, 0.29) is 12.3 Å². The highest BCUT2D eigenvalue weighted by atomic mass is 16.1. The fourth-order valence-corrected chi connectivity index (χ4v) is 1.72. The van der Waals surface area contributed by atoms with Crippen LogP contribution in [0.2, 0.25) is 0 Å². The fourth-order valence-electron chi connectivity index (χ4n) is 1.72. The van der Waals surface area contributed by atoms with Gasteiger partial charge < -0.3 is 5.73 Å². The largest absolute Gasteiger partial charge is 0.324 e. The van der Waals surface area contributed by atoms with Crippen molar-refractivity contribution in [2.75, 3.05) is 6.54 Å². The van der Waals surface area contributed by atoms with Crippen molar-refractivity contribution in [1.82, 2.24) is 0 Å². The first-order chi connectivity index (χ1) is 8.74. The highest BCUT2D eigenvalue weighted by molar-refractivity contribution is 5.97. The van der Waals surface area contributed by atoms with Gasteiger partial charge >= 0.3 is 0 Å². The molecule has 0 saturated carbocycles. The number of carbonyl (C=O) groups excluding carboxylic acids is 2. The van der Waals surface area contributed by atoms with Gasteiger partial charge in [0.2, 0.25) is 0 Å². The Hall–Kier alpha value is -2.26. The Kier molecular flexibility index (Phi) is 3.65. The quantitative estimate of drug-likeness (QED) is 0.658. The van der Waals surface area contributed by atoms with Crippen LogP contribution < -0.4 is 5.73 Å². The van der Waals surface area contributed by atoms with Crippen LogP contribution in [0.3, 0.4) is 0 Å². The molecule has 0 aliphatic rings. The maximum atomic E-state index is 11.4. The van der Waals surface area contributed by atoms with E-state index in [1.165, 1.54) is 0 Å². The molecular formula is C15H13NO2. The molecule has 2 aromatic carbocycles. The summed E-state index contributed by atoms with van der Waals surface area (Å²) in [6, 6.07) is 14.6. The molecule has 0 bridgehead atoms. The van der Waals surface area contributed by atoms with Crippen molar-refractivity contribution in [2.24, 2.45) is 5.73 Å². The third-order valence-electron chi connectivity index (χ3n) is 2.77. The van der Waals surface area contributed by atoms with Gasteiger partial charge in [-0.2, -0.15) is 0 Å². The number of aldehydes is 1. The van der Waals surface area contributed by atoms with Crippen LogP contribution in [-0.2, 0) is 0 Å². The van der Waals surface area contributed by atoms with E-state index in [9.17, 15) is 9.59 Å². The van der Waals surface area contributed by atoms with Crippen molar-refractivity contribution < 1.29 is 9.59 Å². The monoisotopic (exact) mass is 239 g/mol. The zero-order valence-electron chi connectivity index (χ0n) is 9.80. The summed E-state index contributed by atoms with van der Waals surface area (Å²) in [5.74, 6) is -0.0714. The summed E-state index contributed by atoms with van der Waals surface area (Å²) in [6.45, 7) is 0.0212. The van der Waals surface area contributed by atoms with E-state index in [0.29, 0.717) is 11.1 Å². The zero-order chi connectivity index (χ0) is 13.0. The van der Waals surface area contributed by atoms with Crippen LogP contribution in [0.1, 0.15) is 20.7 Å². The van der Waals surface area contributed by atoms with Crippen molar-refractivity contribution in [1.29, 1.82) is 0 Å². The van der Waals surface area contributed by atoms with E-state index in [2.05, 4.69) is 0 Å². The summed E-state index contributed by atoms with van der Waals surface area (Å²) >= 11 is 0. The number of hydrogen-bond donors (Lipinski definition) is 1. The summed E-state index contributed by atoms with van der Waals surface area (Å²) in [7, 11) is 0. The molecule has 0 radical (unpaired) electrons. The van der Waals surface area contributed by atoms with Crippen molar-refractivity contribution in [3.05, 3.63) is 59.7 Å². The summed E-state index contributed by atoms with van der Waals surface area (Å²) in [5, 5.41) is 0. The van der Waals surface area contributed by atoms with Gasteiger partial charge in [0, 0.05) is 11.1 Å². The lowest BCUT2D eigenvalue weighted by Gasteiger charge is -2.03. The van der Waals surface area contributed by atoms with E-state index in [1.54, 1.807) is 24.3 Å². The lowest BCUT2D eigenvalue weighted by molar-refractivity contribution is 0.100. The minimum absolute atomic E-state index is 0.0212.